The van der Waals surface area contributed by atoms with E-state index in [1.807, 2.05) is 20.8 Å². The van der Waals surface area contributed by atoms with E-state index >= 15 is 0 Å². The van der Waals surface area contributed by atoms with E-state index in [0.717, 1.165) is 0 Å². The molecule has 60 valence electrons. The third-order valence-corrected chi connectivity index (χ3v) is 2.91. The van der Waals surface area contributed by atoms with Crippen molar-refractivity contribution >= 4 is 0 Å². The van der Waals surface area contributed by atoms with Crippen LogP contribution in [0.1, 0.15) is 34.1 Å². The summed E-state index contributed by atoms with van der Waals surface area (Å²) in [5, 5.41) is 0. The Morgan fingerprint density at radius 1 is 1.20 bits per heavy atom. The summed E-state index contributed by atoms with van der Waals surface area (Å²) in [5.41, 5.74) is -1.02. The minimum atomic E-state index is -2.41. The van der Waals surface area contributed by atoms with E-state index in [-0.39, 0.29) is 11.8 Å². The van der Waals surface area contributed by atoms with Crippen molar-refractivity contribution in [3.8, 4) is 0 Å². The first-order chi connectivity index (χ1) is 4.21. The topological polar surface area (TPSA) is 0 Å². The van der Waals surface area contributed by atoms with Crippen molar-refractivity contribution in [3.63, 3.8) is 0 Å². The van der Waals surface area contributed by atoms with Gasteiger partial charge in [-0.15, -0.1) is 0 Å². The van der Waals surface area contributed by atoms with Gasteiger partial charge in [0.05, 0.1) is 0 Å². The van der Waals surface area contributed by atoms with Gasteiger partial charge in [-0.1, -0.05) is 27.7 Å². The molecule has 0 bridgehead atoms. The summed E-state index contributed by atoms with van der Waals surface area (Å²) in [4.78, 5) is 0. The SMILES string of the molecule is CC(C)(C)[C@]1(C)CC1(F)F. The summed E-state index contributed by atoms with van der Waals surface area (Å²) in [5.74, 6) is -2.41. The molecule has 0 amide bonds. The van der Waals surface area contributed by atoms with E-state index < -0.39 is 11.3 Å². The van der Waals surface area contributed by atoms with Crippen molar-refractivity contribution < 1.29 is 8.78 Å². The zero-order chi connectivity index (χ0) is 8.21. The molecule has 0 nitrogen and oxygen atoms in total. The van der Waals surface area contributed by atoms with E-state index in [0.29, 0.717) is 0 Å². The summed E-state index contributed by atoms with van der Waals surface area (Å²) in [6, 6.07) is 0. The van der Waals surface area contributed by atoms with Crippen molar-refractivity contribution in [1.82, 2.24) is 0 Å². The van der Waals surface area contributed by atoms with Crippen LogP contribution in [0, 0.1) is 10.8 Å². The van der Waals surface area contributed by atoms with Crippen LogP contribution in [0.25, 0.3) is 0 Å². The highest BCUT2D eigenvalue weighted by Gasteiger charge is 2.72. The Bertz CT molecular complexity index is 155. The average molecular weight is 148 g/mol. The van der Waals surface area contributed by atoms with Gasteiger partial charge in [-0.25, -0.2) is 8.78 Å². The highest BCUT2D eigenvalue weighted by molar-refractivity contribution is 5.12. The molecule has 10 heavy (non-hydrogen) atoms. The molecule has 0 aromatic heterocycles. The van der Waals surface area contributed by atoms with Crippen LogP contribution in [0.2, 0.25) is 0 Å². The van der Waals surface area contributed by atoms with Crippen molar-refractivity contribution in [2.45, 2.75) is 40.0 Å². The second-order valence-electron chi connectivity index (χ2n) is 4.46. The first-order valence-corrected chi connectivity index (χ1v) is 3.59. The molecule has 0 saturated heterocycles. The van der Waals surface area contributed by atoms with Crippen LogP contribution in [0.5, 0.6) is 0 Å². The van der Waals surface area contributed by atoms with Crippen LogP contribution in [0.15, 0.2) is 0 Å². The lowest BCUT2D eigenvalue weighted by Crippen LogP contribution is -2.24. The van der Waals surface area contributed by atoms with Gasteiger partial charge >= 0.3 is 0 Å². The van der Waals surface area contributed by atoms with Gasteiger partial charge in [0.25, 0.3) is 5.92 Å². The standard InChI is InChI=1S/C8H14F2/c1-6(2,3)7(4)5-8(7,9)10/h5H2,1-4H3/t7-/m0/s1. The summed E-state index contributed by atoms with van der Waals surface area (Å²) in [7, 11) is 0. The second-order valence-corrected chi connectivity index (χ2v) is 4.46. The van der Waals surface area contributed by atoms with E-state index in [1.165, 1.54) is 0 Å². The van der Waals surface area contributed by atoms with Gasteiger partial charge in [-0.3, -0.25) is 0 Å². The average Bonchev–Trinajstić information content (AvgIpc) is 2.05. The summed E-state index contributed by atoms with van der Waals surface area (Å²) < 4.78 is 25.4. The molecule has 0 unspecified atom stereocenters. The van der Waals surface area contributed by atoms with Gasteiger partial charge in [0.15, 0.2) is 0 Å². The predicted molar refractivity (Wildman–Crippen MR) is 37.1 cm³/mol. The smallest absolute Gasteiger partial charge is 0.206 e. The summed E-state index contributed by atoms with van der Waals surface area (Å²) in [6.45, 7) is 7.27. The maximum Gasteiger partial charge on any atom is 0.254 e. The Morgan fingerprint density at radius 3 is 1.50 bits per heavy atom. The Morgan fingerprint density at radius 2 is 1.50 bits per heavy atom. The number of hydrogen-bond acceptors (Lipinski definition) is 0. The molecule has 0 spiro atoms. The van der Waals surface area contributed by atoms with Crippen molar-refractivity contribution in [2.24, 2.45) is 10.8 Å². The first kappa shape index (κ1) is 7.96. The highest BCUT2D eigenvalue weighted by Crippen LogP contribution is 2.68. The molecule has 0 aliphatic heterocycles. The molecule has 0 radical (unpaired) electrons. The molecule has 0 N–H and O–H groups in total. The lowest BCUT2D eigenvalue weighted by Gasteiger charge is -2.27. The minimum absolute atomic E-state index is 0.0590. The number of halogens is 2. The Kier molecular flexibility index (Phi) is 1.23. The van der Waals surface area contributed by atoms with Crippen LogP contribution < -0.4 is 0 Å². The van der Waals surface area contributed by atoms with Crippen LogP contribution in [0.3, 0.4) is 0 Å². The molecule has 1 aliphatic carbocycles. The normalized spacial score (nSPS) is 37.8. The van der Waals surface area contributed by atoms with Crippen LogP contribution in [-0.4, -0.2) is 5.92 Å². The second kappa shape index (κ2) is 1.54. The highest BCUT2D eigenvalue weighted by atomic mass is 19.3. The third kappa shape index (κ3) is 0.774. The van der Waals surface area contributed by atoms with Gasteiger partial charge in [-0.05, 0) is 5.41 Å². The fourth-order valence-corrected chi connectivity index (χ4v) is 1.21. The largest absolute Gasteiger partial charge is 0.254 e. The molecule has 0 aromatic carbocycles. The lowest BCUT2D eigenvalue weighted by atomic mass is 9.78. The molecular formula is C8H14F2. The van der Waals surface area contributed by atoms with Gasteiger partial charge in [0, 0.05) is 11.8 Å². The molecule has 1 rings (SSSR count). The minimum Gasteiger partial charge on any atom is -0.206 e. The van der Waals surface area contributed by atoms with Gasteiger partial charge in [-0.2, -0.15) is 0 Å². The van der Waals surface area contributed by atoms with Gasteiger partial charge < -0.3 is 0 Å². The molecule has 1 saturated carbocycles. The monoisotopic (exact) mass is 148 g/mol. The fraction of sp³-hybridized carbons (Fsp3) is 1.00. The molecule has 1 fully saturated rings. The van der Waals surface area contributed by atoms with E-state index in [1.54, 1.807) is 6.92 Å². The van der Waals surface area contributed by atoms with E-state index in [2.05, 4.69) is 0 Å². The summed E-state index contributed by atoms with van der Waals surface area (Å²) in [6.07, 6.45) is 0.0590. The quantitative estimate of drug-likeness (QED) is 0.495. The van der Waals surface area contributed by atoms with E-state index in [4.69, 9.17) is 0 Å². The number of rotatable bonds is 0. The van der Waals surface area contributed by atoms with Crippen LogP contribution >= 0.6 is 0 Å². The zero-order valence-corrected chi connectivity index (χ0v) is 6.96. The van der Waals surface area contributed by atoms with Gasteiger partial charge in [0.1, 0.15) is 0 Å². The van der Waals surface area contributed by atoms with Crippen molar-refractivity contribution in [3.05, 3.63) is 0 Å². The first-order valence-electron chi connectivity index (χ1n) is 3.59. The molecule has 0 heterocycles. The molecular weight excluding hydrogens is 134 g/mol. The molecule has 0 aromatic rings. The van der Waals surface area contributed by atoms with Gasteiger partial charge in [0.2, 0.25) is 0 Å². The third-order valence-electron chi connectivity index (χ3n) is 2.91. The van der Waals surface area contributed by atoms with Crippen molar-refractivity contribution in [1.29, 1.82) is 0 Å². The van der Waals surface area contributed by atoms with E-state index in [9.17, 15) is 8.78 Å². The Hall–Kier alpha value is -0.140. The predicted octanol–water partition coefficient (Wildman–Crippen LogP) is 3.08. The molecule has 2 heteroatoms. The molecule has 1 atom stereocenters. The van der Waals surface area contributed by atoms with Crippen LogP contribution in [-0.2, 0) is 0 Å². The maximum absolute atomic E-state index is 12.7. The Balaban J connectivity index is 2.78. The van der Waals surface area contributed by atoms with Crippen molar-refractivity contribution in [2.75, 3.05) is 0 Å². The summed E-state index contributed by atoms with van der Waals surface area (Å²) >= 11 is 0. The molecule has 1 aliphatic rings. The number of alkyl halides is 2. The lowest BCUT2D eigenvalue weighted by molar-refractivity contribution is 0.0243. The Labute approximate surface area is 60.6 Å². The maximum atomic E-state index is 12.7. The fourth-order valence-electron chi connectivity index (χ4n) is 1.21. The zero-order valence-electron chi connectivity index (χ0n) is 6.96. The van der Waals surface area contributed by atoms with Crippen LogP contribution in [0.4, 0.5) is 8.78 Å². The number of hydrogen-bond donors (Lipinski definition) is 0.